The predicted molar refractivity (Wildman–Crippen MR) is 62.6 cm³/mol. The first-order valence-electron chi connectivity index (χ1n) is 5.54. The fraction of sp³-hybridized carbons (Fsp3) is 0.417. The number of nitrogens with one attached hydrogen (secondary N) is 2. The van der Waals surface area contributed by atoms with E-state index in [1.165, 1.54) is 17.7 Å². The van der Waals surface area contributed by atoms with Gasteiger partial charge in [-0.05, 0) is 24.0 Å². The molecule has 2 rings (SSSR count). The van der Waals surface area contributed by atoms with Crippen LogP contribution in [0.5, 0.6) is 0 Å². The lowest BCUT2D eigenvalue weighted by Crippen LogP contribution is -2.23. The van der Waals surface area contributed by atoms with Crippen molar-refractivity contribution in [1.82, 2.24) is 5.32 Å². The summed E-state index contributed by atoms with van der Waals surface area (Å²) >= 11 is 0. The number of carboxylic acid groups (broad SMARTS) is 1. The molecule has 16 heavy (non-hydrogen) atoms. The summed E-state index contributed by atoms with van der Waals surface area (Å²) in [5.74, 6) is -0.822. The summed E-state index contributed by atoms with van der Waals surface area (Å²) in [5.41, 5.74) is 3.67. The zero-order valence-electron chi connectivity index (χ0n) is 9.12. The van der Waals surface area contributed by atoms with Crippen LogP contribution in [0.2, 0.25) is 0 Å². The van der Waals surface area contributed by atoms with Crippen LogP contribution in [0, 0.1) is 0 Å². The largest absolute Gasteiger partial charge is 0.480 e. The number of hydrogen-bond donors (Lipinski definition) is 3. The lowest BCUT2D eigenvalue weighted by Gasteiger charge is -2.21. The second-order valence-electron chi connectivity index (χ2n) is 3.98. The van der Waals surface area contributed by atoms with E-state index in [1.807, 2.05) is 12.1 Å². The van der Waals surface area contributed by atoms with Gasteiger partial charge < -0.3 is 15.7 Å². The van der Waals surface area contributed by atoms with Crippen molar-refractivity contribution in [2.75, 3.05) is 18.4 Å². The summed E-state index contributed by atoms with van der Waals surface area (Å²) in [6.45, 7) is 1.61. The number of carbonyl (C=O) groups is 1. The summed E-state index contributed by atoms with van der Waals surface area (Å²) in [4.78, 5) is 10.4. The summed E-state index contributed by atoms with van der Waals surface area (Å²) < 4.78 is 0. The Morgan fingerprint density at radius 3 is 3.19 bits per heavy atom. The van der Waals surface area contributed by atoms with Crippen LogP contribution in [0.1, 0.15) is 17.5 Å². The third-order valence-electron chi connectivity index (χ3n) is 2.75. The molecule has 86 valence electrons. The van der Waals surface area contributed by atoms with Crippen molar-refractivity contribution >= 4 is 11.7 Å². The van der Waals surface area contributed by atoms with Crippen LogP contribution in [0.15, 0.2) is 18.2 Å². The fourth-order valence-electron chi connectivity index (χ4n) is 2.03. The topological polar surface area (TPSA) is 61.4 Å². The van der Waals surface area contributed by atoms with E-state index in [0.29, 0.717) is 6.54 Å². The van der Waals surface area contributed by atoms with Gasteiger partial charge in [-0.25, -0.2) is 0 Å². The molecule has 0 saturated heterocycles. The normalized spacial score (nSPS) is 14.0. The maximum Gasteiger partial charge on any atom is 0.317 e. The van der Waals surface area contributed by atoms with Gasteiger partial charge in [-0.2, -0.15) is 0 Å². The second-order valence-corrected chi connectivity index (χ2v) is 3.98. The first kappa shape index (κ1) is 11.0. The summed E-state index contributed by atoms with van der Waals surface area (Å²) in [6, 6.07) is 6.19. The molecule has 0 aliphatic carbocycles. The summed E-state index contributed by atoms with van der Waals surface area (Å²) in [5, 5.41) is 14.8. The Kier molecular flexibility index (Phi) is 3.41. The van der Waals surface area contributed by atoms with Crippen molar-refractivity contribution in [2.45, 2.75) is 19.4 Å². The SMILES string of the molecule is O=C(O)CNCc1cccc2c1NCCC2. The van der Waals surface area contributed by atoms with Crippen molar-refractivity contribution in [1.29, 1.82) is 0 Å². The first-order chi connectivity index (χ1) is 7.77. The molecule has 0 amide bonds. The number of rotatable bonds is 4. The minimum absolute atomic E-state index is 0.00364. The molecule has 0 spiro atoms. The minimum Gasteiger partial charge on any atom is -0.480 e. The van der Waals surface area contributed by atoms with Gasteiger partial charge in [0.05, 0.1) is 6.54 Å². The first-order valence-corrected chi connectivity index (χ1v) is 5.54. The molecule has 0 atom stereocenters. The molecule has 0 unspecified atom stereocenters. The number of benzene rings is 1. The van der Waals surface area contributed by atoms with Crippen LogP contribution in [-0.4, -0.2) is 24.2 Å². The van der Waals surface area contributed by atoms with Crippen molar-refractivity contribution in [3.05, 3.63) is 29.3 Å². The Balaban J connectivity index is 2.05. The highest BCUT2D eigenvalue weighted by Gasteiger charge is 2.11. The van der Waals surface area contributed by atoms with Crippen LogP contribution < -0.4 is 10.6 Å². The molecule has 1 aliphatic heterocycles. The number of aryl methyl sites for hydroxylation is 1. The molecule has 0 saturated carbocycles. The van der Waals surface area contributed by atoms with Gasteiger partial charge in [-0.3, -0.25) is 4.79 Å². The van der Waals surface area contributed by atoms with Gasteiger partial charge in [0, 0.05) is 18.8 Å². The number of carboxylic acids is 1. The maximum absolute atomic E-state index is 10.4. The Hall–Kier alpha value is -1.55. The van der Waals surface area contributed by atoms with E-state index in [1.54, 1.807) is 0 Å². The molecule has 0 bridgehead atoms. The van der Waals surface area contributed by atoms with Crippen LogP contribution >= 0.6 is 0 Å². The number of hydrogen-bond acceptors (Lipinski definition) is 3. The minimum atomic E-state index is -0.822. The Morgan fingerprint density at radius 1 is 1.50 bits per heavy atom. The van der Waals surface area contributed by atoms with Gasteiger partial charge in [0.15, 0.2) is 0 Å². The monoisotopic (exact) mass is 220 g/mol. The van der Waals surface area contributed by atoms with Gasteiger partial charge in [0.25, 0.3) is 0 Å². The molecular formula is C12H16N2O2. The number of anilines is 1. The smallest absolute Gasteiger partial charge is 0.317 e. The van der Waals surface area contributed by atoms with E-state index in [-0.39, 0.29) is 6.54 Å². The van der Waals surface area contributed by atoms with Crippen molar-refractivity contribution in [3.63, 3.8) is 0 Å². The van der Waals surface area contributed by atoms with Crippen LogP contribution in [0.4, 0.5) is 5.69 Å². The third-order valence-corrected chi connectivity index (χ3v) is 2.75. The van der Waals surface area contributed by atoms with E-state index < -0.39 is 5.97 Å². The molecule has 0 aromatic heterocycles. The molecule has 1 aliphatic rings. The molecule has 0 fully saturated rings. The zero-order valence-corrected chi connectivity index (χ0v) is 9.12. The highest BCUT2D eigenvalue weighted by Crippen LogP contribution is 2.25. The van der Waals surface area contributed by atoms with Gasteiger partial charge in [-0.15, -0.1) is 0 Å². The lowest BCUT2D eigenvalue weighted by atomic mass is 9.99. The van der Waals surface area contributed by atoms with E-state index in [2.05, 4.69) is 16.7 Å². The molecular weight excluding hydrogens is 204 g/mol. The van der Waals surface area contributed by atoms with Crippen molar-refractivity contribution < 1.29 is 9.90 Å². The van der Waals surface area contributed by atoms with Crippen LogP contribution in [0.3, 0.4) is 0 Å². The quantitative estimate of drug-likeness (QED) is 0.714. The molecule has 1 aromatic carbocycles. The molecule has 3 N–H and O–H groups in total. The average molecular weight is 220 g/mol. The summed E-state index contributed by atoms with van der Waals surface area (Å²) in [7, 11) is 0. The standard InChI is InChI=1S/C12H16N2O2/c15-11(16)8-13-7-10-4-1-3-9-5-2-6-14-12(9)10/h1,3-4,13-14H,2,5-8H2,(H,15,16). The third kappa shape index (κ3) is 2.52. The van der Waals surface area contributed by atoms with Gasteiger partial charge in [0.1, 0.15) is 0 Å². The van der Waals surface area contributed by atoms with Crippen molar-refractivity contribution in [3.8, 4) is 0 Å². The predicted octanol–water partition coefficient (Wildman–Crippen LogP) is 1.22. The molecule has 4 nitrogen and oxygen atoms in total. The Bertz CT molecular complexity index is 391. The van der Waals surface area contributed by atoms with E-state index in [4.69, 9.17) is 5.11 Å². The van der Waals surface area contributed by atoms with Gasteiger partial charge in [0.2, 0.25) is 0 Å². The highest BCUT2D eigenvalue weighted by molar-refractivity contribution is 5.69. The van der Waals surface area contributed by atoms with E-state index in [0.717, 1.165) is 18.5 Å². The second kappa shape index (κ2) is 4.99. The highest BCUT2D eigenvalue weighted by atomic mass is 16.4. The maximum atomic E-state index is 10.4. The number of para-hydroxylation sites is 1. The van der Waals surface area contributed by atoms with E-state index >= 15 is 0 Å². The Morgan fingerprint density at radius 2 is 2.38 bits per heavy atom. The van der Waals surface area contributed by atoms with E-state index in [9.17, 15) is 4.79 Å². The fourth-order valence-corrected chi connectivity index (χ4v) is 2.03. The average Bonchev–Trinajstić information content (AvgIpc) is 2.29. The molecule has 4 heteroatoms. The number of fused-ring (bicyclic) bond motifs is 1. The lowest BCUT2D eigenvalue weighted by molar-refractivity contribution is -0.135. The van der Waals surface area contributed by atoms with Crippen molar-refractivity contribution in [2.24, 2.45) is 0 Å². The molecule has 1 heterocycles. The number of aliphatic carboxylic acids is 1. The molecule has 1 aromatic rings. The Labute approximate surface area is 94.7 Å². The van der Waals surface area contributed by atoms with Gasteiger partial charge >= 0.3 is 5.97 Å². The van der Waals surface area contributed by atoms with Gasteiger partial charge in [-0.1, -0.05) is 18.2 Å². The zero-order chi connectivity index (χ0) is 11.4. The van der Waals surface area contributed by atoms with Crippen LogP contribution in [0.25, 0.3) is 0 Å². The molecule has 0 radical (unpaired) electrons. The summed E-state index contributed by atoms with van der Waals surface area (Å²) in [6.07, 6.45) is 2.27. The van der Waals surface area contributed by atoms with Crippen LogP contribution in [-0.2, 0) is 17.8 Å².